The molecule has 6 nitrogen and oxygen atoms in total. The van der Waals surface area contributed by atoms with E-state index in [0.717, 1.165) is 12.8 Å². The zero-order valence-electron chi connectivity index (χ0n) is 9.39. The van der Waals surface area contributed by atoms with Gasteiger partial charge in [0, 0.05) is 20.2 Å². The predicted molar refractivity (Wildman–Crippen MR) is 56.8 cm³/mol. The molecule has 0 heterocycles. The minimum atomic E-state index is -1.01. The molecule has 6 heteroatoms. The van der Waals surface area contributed by atoms with Crippen LogP contribution in [0.1, 0.15) is 12.8 Å². The summed E-state index contributed by atoms with van der Waals surface area (Å²) in [5.41, 5.74) is 5.38. The van der Waals surface area contributed by atoms with Crippen molar-refractivity contribution in [1.29, 1.82) is 0 Å². The number of rotatable bonds is 7. The van der Waals surface area contributed by atoms with Crippen molar-refractivity contribution in [2.24, 2.45) is 11.7 Å². The Morgan fingerprint density at radius 3 is 2.56 bits per heavy atom. The van der Waals surface area contributed by atoms with Gasteiger partial charge in [-0.1, -0.05) is 0 Å². The van der Waals surface area contributed by atoms with Gasteiger partial charge in [-0.05, 0) is 18.8 Å². The molecule has 1 aliphatic rings. The third-order valence-corrected chi connectivity index (χ3v) is 2.59. The average Bonchev–Trinajstić information content (AvgIpc) is 3.01. The Labute approximate surface area is 94.3 Å². The second-order valence-electron chi connectivity index (χ2n) is 4.02. The van der Waals surface area contributed by atoms with Crippen LogP contribution < -0.4 is 5.73 Å². The maximum atomic E-state index is 11.9. The molecule has 1 saturated carbocycles. The molecule has 1 atom stereocenters. The van der Waals surface area contributed by atoms with Crippen LogP contribution in [0.25, 0.3) is 0 Å². The molecule has 92 valence electrons. The largest absolute Gasteiger partial charge is 0.480 e. The minimum absolute atomic E-state index is 0.0656. The minimum Gasteiger partial charge on any atom is -0.480 e. The van der Waals surface area contributed by atoms with Crippen molar-refractivity contribution in [2.75, 3.05) is 26.7 Å². The third kappa shape index (κ3) is 3.79. The van der Waals surface area contributed by atoms with Crippen LogP contribution in [0.15, 0.2) is 0 Å². The number of nitrogens with two attached hydrogens (primary N) is 1. The van der Waals surface area contributed by atoms with Crippen molar-refractivity contribution in [2.45, 2.75) is 18.9 Å². The molecule has 0 radical (unpaired) electrons. The fraction of sp³-hybridized carbons (Fsp3) is 0.800. The van der Waals surface area contributed by atoms with E-state index in [9.17, 15) is 9.59 Å². The Kier molecular flexibility index (Phi) is 4.70. The molecule has 1 rings (SSSR count). The lowest BCUT2D eigenvalue weighted by Gasteiger charge is -2.24. The van der Waals surface area contributed by atoms with Gasteiger partial charge in [-0.25, -0.2) is 0 Å². The Balaban J connectivity index is 2.57. The lowest BCUT2D eigenvalue weighted by Crippen LogP contribution is -2.46. The maximum absolute atomic E-state index is 11.9. The number of carbonyl (C=O) groups excluding carboxylic acids is 1. The van der Waals surface area contributed by atoms with Crippen LogP contribution in [0.3, 0.4) is 0 Å². The first-order valence-corrected chi connectivity index (χ1v) is 5.32. The lowest BCUT2D eigenvalue weighted by molar-refractivity contribution is -0.149. The van der Waals surface area contributed by atoms with Gasteiger partial charge in [0.15, 0.2) is 0 Å². The van der Waals surface area contributed by atoms with Crippen molar-refractivity contribution in [1.82, 2.24) is 4.90 Å². The summed E-state index contributed by atoms with van der Waals surface area (Å²) in [6.07, 6.45) is 1.38. The van der Waals surface area contributed by atoms with E-state index in [2.05, 4.69) is 0 Å². The highest BCUT2D eigenvalue weighted by molar-refractivity contribution is 5.84. The summed E-state index contributed by atoms with van der Waals surface area (Å²) in [7, 11) is 1.39. The summed E-state index contributed by atoms with van der Waals surface area (Å²) in [6, 6.07) is 0. The fourth-order valence-corrected chi connectivity index (χ4v) is 1.51. The van der Waals surface area contributed by atoms with E-state index in [1.807, 2.05) is 0 Å². The summed E-state index contributed by atoms with van der Waals surface area (Å²) in [4.78, 5) is 23.8. The smallest absolute Gasteiger partial charge is 0.323 e. The number of carbonyl (C=O) groups is 2. The van der Waals surface area contributed by atoms with Crippen LogP contribution in [0.5, 0.6) is 0 Å². The molecule has 3 N–H and O–H groups in total. The molecule has 0 bridgehead atoms. The quantitative estimate of drug-likeness (QED) is 0.602. The molecule has 0 saturated heterocycles. The standard InChI is InChI=1S/C10H18N2O4/c1-16-8(4-11)10(15)12(6-9(13)14)5-7-2-3-7/h7-8H,2-6,11H2,1H3,(H,13,14). The normalized spacial score (nSPS) is 16.9. The molecule has 1 unspecified atom stereocenters. The number of nitrogens with zero attached hydrogens (tertiary/aromatic N) is 1. The van der Waals surface area contributed by atoms with Crippen LogP contribution in [0.4, 0.5) is 0 Å². The maximum Gasteiger partial charge on any atom is 0.323 e. The summed E-state index contributed by atoms with van der Waals surface area (Å²) in [5, 5.41) is 8.73. The molecular formula is C10H18N2O4. The Hall–Kier alpha value is -1.14. The van der Waals surface area contributed by atoms with E-state index in [1.165, 1.54) is 12.0 Å². The molecule has 1 fully saturated rings. The van der Waals surface area contributed by atoms with Crippen LogP contribution in [-0.2, 0) is 14.3 Å². The molecule has 0 aromatic carbocycles. The number of methoxy groups -OCH3 is 1. The lowest BCUT2D eigenvalue weighted by atomic mass is 10.2. The van der Waals surface area contributed by atoms with Gasteiger partial charge >= 0.3 is 5.97 Å². The first-order valence-electron chi connectivity index (χ1n) is 5.32. The van der Waals surface area contributed by atoms with Gasteiger partial charge in [-0.3, -0.25) is 9.59 Å². The molecule has 0 spiro atoms. The predicted octanol–water partition coefficient (Wildman–Crippen LogP) is -0.717. The van der Waals surface area contributed by atoms with Gasteiger partial charge < -0.3 is 20.5 Å². The second kappa shape index (κ2) is 5.81. The summed E-state index contributed by atoms with van der Waals surface area (Å²) in [5.74, 6) is -0.904. The Bertz CT molecular complexity index is 262. The van der Waals surface area contributed by atoms with Gasteiger partial charge in [-0.2, -0.15) is 0 Å². The first kappa shape index (κ1) is 12.9. The number of hydrogen-bond donors (Lipinski definition) is 2. The average molecular weight is 230 g/mol. The van der Waals surface area contributed by atoms with Crippen LogP contribution in [-0.4, -0.2) is 54.7 Å². The highest BCUT2D eigenvalue weighted by Gasteiger charge is 2.30. The topological polar surface area (TPSA) is 92.9 Å². The Morgan fingerprint density at radius 2 is 2.19 bits per heavy atom. The molecule has 0 aromatic rings. The van der Waals surface area contributed by atoms with Crippen LogP contribution >= 0.6 is 0 Å². The van der Waals surface area contributed by atoms with Crippen molar-refractivity contribution in [3.05, 3.63) is 0 Å². The highest BCUT2D eigenvalue weighted by atomic mass is 16.5. The van der Waals surface area contributed by atoms with Gasteiger partial charge in [0.1, 0.15) is 12.6 Å². The Morgan fingerprint density at radius 1 is 1.56 bits per heavy atom. The number of carboxylic acid groups (broad SMARTS) is 1. The van der Waals surface area contributed by atoms with E-state index in [1.54, 1.807) is 0 Å². The third-order valence-electron chi connectivity index (χ3n) is 2.59. The van der Waals surface area contributed by atoms with E-state index in [4.69, 9.17) is 15.6 Å². The van der Waals surface area contributed by atoms with Crippen molar-refractivity contribution < 1.29 is 19.4 Å². The molecule has 0 aromatic heterocycles. The zero-order valence-corrected chi connectivity index (χ0v) is 9.39. The molecule has 16 heavy (non-hydrogen) atoms. The molecule has 0 aliphatic heterocycles. The van der Waals surface area contributed by atoms with Crippen LogP contribution in [0.2, 0.25) is 0 Å². The molecule has 1 amide bonds. The number of amides is 1. The van der Waals surface area contributed by atoms with Crippen LogP contribution in [0, 0.1) is 5.92 Å². The van der Waals surface area contributed by atoms with Gasteiger partial charge in [0.2, 0.25) is 0 Å². The number of ether oxygens (including phenoxy) is 1. The highest BCUT2D eigenvalue weighted by Crippen LogP contribution is 2.29. The molecule has 1 aliphatic carbocycles. The monoisotopic (exact) mass is 230 g/mol. The first-order chi connectivity index (χ1) is 7.58. The van der Waals surface area contributed by atoms with E-state index in [0.29, 0.717) is 12.5 Å². The zero-order chi connectivity index (χ0) is 12.1. The van der Waals surface area contributed by atoms with Crippen molar-refractivity contribution in [3.63, 3.8) is 0 Å². The number of hydrogen-bond acceptors (Lipinski definition) is 4. The van der Waals surface area contributed by atoms with E-state index < -0.39 is 12.1 Å². The van der Waals surface area contributed by atoms with Gasteiger partial charge in [0.05, 0.1) is 0 Å². The van der Waals surface area contributed by atoms with Gasteiger partial charge in [0.25, 0.3) is 5.91 Å². The summed E-state index contributed by atoms with van der Waals surface area (Å²) in [6.45, 7) is 0.274. The molecular weight excluding hydrogens is 212 g/mol. The fourth-order valence-electron chi connectivity index (χ4n) is 1.51. The second-order valence-corrected chi connectivity index (χ2v) is 4.02. The van der Waals surface area contributed by atoms with Crippen molar-refractivity contribution in [3.8, 4) is 0 Å². The van der Waals surface area contributed by atoms with Gasteiger partial charge in [-0.15, -0.1) is 0 Å². The number of carboxylic acids is 1. The van der Waals surface area contributed by atoms with E-state index in [-0.39, 0.29) is 19.0 Å². The SMILES string of the molecule is COC(CN)C(=O)N(CC(=O)O)CC1CC1. The van der Waals surface area contributed by atoms with Crippen molar-refractivity contribution >= 4 is 11.9 Å². The summed E-state index contributed by atoms with van der Waals surface area (Å²) < 4.78 is 4.92. The summed E-state index contributed by atoms with van der Waals surface area (Å²) >= 11 is 0. The number of aliphatic carboxylic acids is 1. The van der Waals surface area contributed by atoms with E-state index >= 15 is 0 Å².